The van der Waals surface area contributed by atoms with E-state index in [4.69, 9.17) is 15.4 Å². The van der Waals surface area contributed by atoms with Gasteiger partial charge in [-0.05, 0) is 101 Å². The van der Waals surface area contributed by atoms with Crippen LogP contribution in [0.3, 0.4) is 0 Å². The molecule has 0 bridgehead atoms. The third-order valence-corrected chi connectivity index (χ3v) is 13.8. The minimum atomic E-state index is -0.119. The largest absolute Gasteiger partial charge is 0.454 e. The van der Waals surface area contributed by atoms with E-state index in [1.165, 1.54) is 32.7 Å². The molecule has 11 rings (SSSR count). The second-order valence-electron chi connectivity index (χ2n) is 20.3. The van der Waals surface area contributed by atoms with Crippen LogP contribution in [-0.4, -0.2) is 0 Å². The van der Waals surface area contributed by atoms with Crippen molar-refractivity contribution < 1.29 is 8.83 Å². The van der Waals surface area contributed by atoms with Gasteiger partial charge in [-0.15, -0.1) is 0 Å². The number of hydrogen-bond acceptors (Lipinski definition) is 4. The van der Waals surface area contributed by atoms with Gasteiger partial charge in [-0.2, -0.15) is 0 Å². The summed E-state index contributed by atoms with van der Waals surface area (Å²) in [6.45, 7) is 24.6. The molecule has 0 amide bonds. The van der Waals surface area contributed by atoms with Gasteiger partial charge in [-0.1, -0.05) is 176 Å². The van der Waals surface area contributed by atoms with E-state index in [9.17, 15) is 0 Å². The van der Waals surface area contributed by atoms with E-state index in [-0.39, 0.29) is 10.8 Å². The fourth-order valence-corrected chi connectivity index (χ4v) is 10.5. The Balaban J connectivity index is 1.21. The molecular weight excluding hydrogens is 817 g/mol. The number of para-hydroxylation sites is 5. The van der Waals surface area contributed by atoms with Crippen molar-refractivity contribution in [3.8, 4) is 0 Å². The Morgan fingerprint density at radius 1 is 0.463 bits per heavy atom. The molecule has 0 spiro atoms. The maximum Gasteiger partial charge on any atom is 0.159 e. The number of allylic oxidation sites excluding steroid dienone is 1. The Kier molecular flexibility index (Phi) is 9.76. The molecule has 0 saturated heterocycles. The van der Waals surface area contributed by atoms with E-state index in [2.05, 4.69) is 236 Å². The Labute approximate surface area is 392 Å². The Morgan fingerprint density at radius 2 is 0.955 bits per heavy atom. The summed E-state index contributed by atoms with van der Waals surface area (Å²) in [4.78, 5) is 4.81. The first-order valence-corrected chi connectivity index (χ1v) is 23.5. The Hall–Kier alpha value is -7.56. The lowest BCUT2D eigenvalue weighted by Gasteiger charge is -2.30. The topological polar surface area (TPSA) is 32.8 Å². The lowest BCUT2D eigenvalue weighted by molar-refractivity contribution is 0.538. The highest BCUT2D eigenvalue weighted by Crippen LogP contribution is 2.50. The molecule has 0 N–H and O–H groups in total. The van der Waals surface area contributed by atoms with Crippen molar-refractivity contribution >= 4 is 106 Å². The summed E-state index contributed by atoms with van der Waals surface area (Å²) in [5.41, 5.74) is 14.2. The Bertz CT molecular complexity index is 3900. The summed E-state index contributed by atoms with van der Waals surface area (Å²) in [5, 5.41) is 11.2. The zero-order chi connectivity index (χ0) is 46.5. The molecule has 9 aromatic carbocycles. The van der Waals surface area contributed by atoms with Crippen LogP contribution in [0.2, 0.25) is 0 Å². The standard InChI is InChI=1S/C63H56N2O2/c1-11-19-54(58-40(4)43-22-16-25-48(59(43)66-58)62(5,6)7)64(50-27-14-12-20-38(50)2)52-36-32-41-31-35-47-53(37-33-42-30-34-46(52)56(41)57(42)47)65(51-28-15-13-21-39(51)3)55-29-18-24-45-44-23-17-26-49(63(8,9)10)60(44)67-61(45)55/h11-37H,4H2,1-3,5-10H3/b19-11-,58-54-. The fraction of sp³-hybridized carbons (Fsp3) is 0.175. The zero-order valence-electron chi connectivity index (χ0n) is 40.0. The number of furan rings is 2. The van der Waals surface area contributed by atoms with Crippen molar-refractivity contribution in [2.24, 2.45) is 0 Å². The molecule has 0 radical (unpaired) electrons. The molecule has 4 nitrogen and oxygen atoms in total. The van der Waals surface area contributed by atoms with Crippen LogP contribution < -0.4 is 20.4 Å². The molecule has 0 aliphatic heterocycles. The third-order valence-electron chi connectivity index (χ3n) is 13.8. The minimum Gasteiger partial charge on any atom is -0.454 e. The number of hydrogen-bond donors (Lipinski definition) is 0. The summed E-state index contributed by atoms with van der Waals surface area (Å²) >= 11 is 0. The predicted octanol–water partition coefficient (Wildman–Crippen LogP) is 16.8. The molecule has 67 heavy (non-hydrogen) atoms. The quantitative estimate of drug-likeness (QED) is 0.149. The van der Waals surface area contributed by atoms with Gasteiger partial charge in [0.05, 0.1) is 22.8 Å². The van der Waals surface area contributed by atoms with Crippen LogP contribution in [-0.2, 0) is 10.8 Å². The van der Waals surface area contributed by atoms with Gasteiger partial charge in [0.2, 0.25) is 0 Å². The van der Waals surface area contributed by atoms with E-state index in [0.717, 1.165) is 99.6 Å². The van der Waals surface area contributed by atoms with Crippen molar-refractivity contribution in [1.29, 1.82) is 0 Å². The van der Waals surface area contributed by atoms with Crippen LogP contribution in [0.15, 0.2) is 173 Å². The van der Waals surface area contributed by atoms with Crippen molar-refractivity contribution in [3.63, 3.8) is 0 Å². The van der Waals surface area contributed by atoms with E-state index in [0.29, 0.717) is 0 Å². The maximum atomic E-state index is 7.09. The van der Waals surface area contributed by atoms with Gasteiger partial charge in [0.15, 0.2) is 11.0 Å². The van der Waals surface area contributed by atoms with Gasteiger partial charge < -0.3 is 18.6 Å². The van der Waals surface area contributed by atoms with E-state index in [1.54, 1.807) is 0 Å². The van der Waals surface area contributed by atoms with E-state index >= 15 is 0 Å². The average molecular weight is 873 g/mol. The molecule has 11 aromatic rings. The monoisotopic (exact) mass is 872 g/mol. The molecule has 330 valence electrons. The van der Waals surface area contributed by atoms with Crippen molar-refractivity contribution in [2.45, 2.75) is 73.1 Å². The first-order valence-electron chi connectivity index (χ1n) is 23.5. The second kappa shape index (κ2) is 15.5. The molecule has 0 fully saturated rings. The summed E-state index contributed by atoms with van der Waals surface area (Å²) in [5.74, 6) is 0. The number of nitrogens with zero attached hydrogens (tertiary/aromatic N) is 2. The molecule has 0 aliphatic rings. The van der Waals surface area contributed by atoms with Crippen molar-refractivity contribution in [2.75, 3.05) is 9.80 Å². The molecule has 2 heterocycles. The fourth-order valence-electron chi connectivity index (χ4n) is 10.5. The van der Waals surface area contributed by atoms with Crippen LogP contribution in [0, 0.1) is 13.8 Å². The highest BCUT2D eigenvalue weighted by atomic mass is 16.3. The average Bonchev–Trinajstić information content (AvgIpc) is 3.87. The van der Waals surface area contributed by atoms with Gasteiger partial charge in [0.1, 0.15) is 11.2 Å². The zero-order valence-corrected chi connectivity index (χ0v) is 40.0. The first kappa shape index (κ1) is 42.1. The molecule has 0 saturated carbocycles. The summed E-state index contributed by atoms with van der Waals surface area (Å²) in [6.07, 6.45) is 4.28. The molecule has 2 aromatic heterocycles. The van der Waals surface area contributed by atoms with Crippen LogP contribution in [0.25, 0.3) is 77.5 Å². The number of aryl methyl sites for hydroxylation is 2. The number of fused-ring (bicyclic) bond motifs is 4. The van der Waals surface area contributed by atoms with Gasteiger partial charge in [0.25, 0.3) is 0 Å². The second-order valence-corrected chi connectivity index (χ2v) is 20.3. The normalized spacial score (nSPS) is 13.1. The van der Waals surface area contributed by atoms with Crippen LogP contribution in [0.1, 0.15) is 70.7 Å². The minimum absolute atomic E-state index is 0.0914. The Morgan fingerprint density at radius 3 is 1.55 bits per heavy atom. The number of rotatable bonds is 7. The number of benzene rings is 9. The highest BCUT2D eigenvalue weighted by molar-refractivity contribution is 6.28. The summed E-state index contributed by atoms with van der Waals surface area (Å²) in [6, 6.07) is 55.2. The smallest absolute Gasteiger partial charge is 0.159 e. The SMILES string of the molecule is C=c1/c(=C(\C=C/C)N(c2ccccc2C)c2ccc3ccc4c(N(c5ccccc5C)c5cccc6c5oc5c(C(C)(C)C)cccc56)ccc5ccc2c3c54)oc2c(C(C)(C)C)cccc12. The predicted molar refractivity (Wildman–Crippen MR) is 287 cm³/mol. The van der Waals surface area contributed by atoms with E-state index in [1.807, 2.05) is 0 Å². The molecule has 0 aliphatic carbocycles. The van der Waals surface area contributed by atoms with Crippen LogP contribution >= 0.6 is 0 Å². The number of anilines is 5. The van der Waals surface area contributed by atoms with E-state index < -0.39 is 0 Å². The maximum absolute atomic E-state index is 7.09. The van der Waals surface area contributed by atoms with Crippen LogP contribution in [0.4, 0.5) is 28.4 Å². The summed E-state index contributed by atoms with van der Waals surface area (Å²) < 4.78 is 14.1. The lowest BCUT2D eigenvalue weighted by Crippen LogP contribution is -2.29. The summed E-state index contributed by atoms with van der Waals surface area (Å²) in [7, 11) is 0. The molecule has 4 heteroatoms. The van der Waals surface area contributed by atoms with Gasteiger partial charge in [0, 0.05) is 54.7 Å². The molecular formula is C63H56N2O2. The molecule has 0 atom stereocenters. The van der Waals surface area contributed by atoms with Crippen molar-refractivity contribution in [1.82, 2.24) is 0 Å². The van der Waals surface area contributed by atoms with Gasteiger partial charge in [-0.25, -0.2) is 0 Å². The third kappa shape index (κ3) is 6.64. The van der Waals surface area contributed by atoms with Gasteiger partial charge in [-0.3, -0.25) is 0 Å². The first-order chi connectivity index (χ1) is 32.2. The van der Waals surface area contributed by atoms with Crippen molar-refractivity contribution in [3.05, 3.63) is 197 Å². The highest BCUT2D eigenvalue weighted by Gasteiger charge is 2.28. The van der Waals surface area contributed by atoms with Crippen LogP contribution in [0.5, 0.6) is 0 Å². The van der Waals surface area contributed by atoms with Gasteiger partial charge >= 0.3 is 0 Å². The lowest BCUT2D eigenvalue weighted by atomic mass is 9.86. The molecule has 0 unspecified atom stereocenters.